The van der Waals surface area contributed by atoms with Crippen LogP contribution < -0.4 is 0 Å². The van der Waals surface area contributed by atoms with Gasteiger partial charge in [-0.3, -0.25) is 9.59 Å². The molecule has 1 atom stereocenters. The first-order chi connectivity index (χ1) is 33.6. The zero-order valence-corrected chi connectivity index (χ0v) is 46.2. The lowest BCUT2D eigenvalue weighted by Crippen LogP contribution is -2.28. The van der Waals surface area contributed by atoms with E-state index in [0.717, 1.165) is 38.5 Å². The van der Waals surface area contributed by atoms with Crippen LogP contribution in [0.2, 0.25) is 0 Å². The number of ether oxygens (including phenoxy) is 2. The van der Waals surface area contributed by atoms with Gasteiger partial charge in [-0.25, -0.2) is 0 Å². The molecule has 0 spiro atoms. The Balaban J connectivity index is 3.41. The Hall–Kier alpha value is -1.62. The molecule has 0 saturated heterocycles. The highest BCUT2D eigenvalue weighted by atomic mass is 16.6. The van der Waals surface area contributed by atoms with E-state index in [4.69, 9.17) is 9.47 Å². The van der Waals surface area contributed by atoms with Crippen molar-refractivity contribution in [2.45, 2.75) is 354 Å². The van der Waals surface area contributed by atoms with Gasteiger partial charge in [0.2, 0.25) is 0 Å². The van der Waals surface area contributed by atoms with Crippen molar-refractivity contribution < 1.29 is 24.2 Å². The van der Waals surface area contributed by atoms with E-state index in [9.17, 15) is 14.7 Å². The number of allylic oxidation sites excluding steroid dienone is 4. The van der Waals surface area contributed by atoms with Gasteiger partial charge in [-0.2, -0.15) is 0 Å². The summed E-state index contributed by atoms with van der Waals surface area (Å²) in [6, 6.07) is 0. The molecule has 5 heteroatoms. The molecule has 0 radical (unpaired) electrons. The molecule has 0 saturated carbocycles. The van der Waals surface area contributed by atoms with Crippen molar-refractivity contribution in [2.24, 2.45) is 0 Å². The van der Waals surface area contributed by atoms with Gasteiger partial charge < -0.3 is 14.6 Å². The molecule has 0 aromatic rings. The lowest BCUT2D eigenvalue weighted by molar-refractivity contribution is -0.161. The number of aliphatic hydroxyl groups excluding tert-OH is 1. The number of rotatable bonds is 58. The summed E-state index contributed by atoms with van der Waals surface area (Å²) in [4.78, 5) is 24.6. The zero-order valence-electron chi connectivity index (χ0n) is 46.2. The normalized spacial score (nSPS) is 12.2. The molecule has 5 nitrogen and oxygen atoms in total. The molecule has 0 aliphatic rings. The third-order valence-corrected chi connectivity index (χ3v) is 14.2. The molecule has 0 aliphatic heterocycles. The summed E-state index contributed by atoms with van der Waals surface area (Å²) in [5, 5.41) is 9.67. The minimum atomic E-state index is -0.769. The second-order valence-corrected chi connectivity index (χ2v) is 21.1. The molecule has 0 rings (SSSR count). The molecule has 68 heavy (non-hydrogen) atoms. The van der Waals surface area contributed by atoms with E-state index < -0.39 is 6.10 Å². The lowest BCUT2D eigenvalue weighted by Gasteiger charge is -2.15. The molecule has 0 aliphatic carbocycles. The van der Waals surface area contributed by atoms with E-state index in [1.165, 1.54) is 283 Å². The van der Waals surface area contributed by atoms with Crippen LogP contribution in [-0.4, -0.2) is 36.4 Å². The van der Waals surface area contributed by atoms with Crippen molar-refractivity contribution in [1.82, 2.24) is 0 Å². The average molecular weight is 958 g/mol. The molecule has 0 fully saturated rings. The van der Waals surface area contributed by atoms with Crippen molar-refractivity contribution in [3.63, 3.8) is 0 Å². The lowest BCUT2D eigenvalue weighted by atomic mass is 10.0. The van der Waals surface area contributed by atoms with E-state index >= 15 is 0 Å². The summed E-state index contributed by atoms with van der Waals surface area (Å²) in [6.07, 6.45) is 76.1. The SMILES string of the molecule is CCCCCCC/C=C\C/C=C\CCCCCCCCCCCCCCCCCC(=O)OC(CO)COC(=O)CCCCCCCCCCCCCCCCCCCCCCCCCCCCC. The molecule has 0 aromatic heterocycles. The topological polar surface area (TPSA) is 72.8 Å². The number of unbranched alkanes of at least 4 members (excludes halogenated alkanes) is 46. The van der Waals surface area contributed by atoms with Crippen LogP contribution in [0.15, 0.2) is 24.3 Å². The van der Waals surface area contributed by atoms with Crippen molar-refractivity contribution in [3.05, 3.63) is 24.3 Å². The van der Waals surface area contributed by atoms with Gasteiger partial charge in [0.15, 0.2) is 6.10 Å². The summed E-state index contributed by atoms with van der Waals surface area (Å²) >= 11 is 0. The maximum atomic E-state index is 12.3. The summed E-state index contributed by atoms with van der Waals surface area (Å²) in [6.45, 7) is 4.19. The fourth-order valence-corrected chi connectivity index (χ4v) is 9.59. The Bertz CT molecular complexity index is 1040. The number of hydrogen-bond acceptors (Lipinski definition) is 5. The van der Waals surface area contributed by atoms with E-state index in [-0.39, 0.29) is 25.2 Å². The minimum Gasteiger partial charge on any atom is -0.462 e. The predicted molar refractivity (Wildman–Crippen MR) is 298 cm³/mol. The average Bonchev–Trinajstić information content (AvgIpc) is 3.34. The molecular formula is C63H120O5. The summed E-state index contributed by atoms with van der Waals surface area (Å²) in [7, 11) is 0. The van der Waals surface area contributed by atoms with Crippen molar-refractivity contribution in [3.8, 4) is 0 Å². The Morgan fingerprint density at radius 1 is 0.338 bits per heavy atom. The first-order valence-electron chi connectivity index (χ1n) is 30.9. The van der Waals surface area contributed by atoms with E-state index in [0.29, 0.717) is 12.8 Å². The molecule has 0 heterocycles. The quantitative estimate of drug-likeness (QED) is 0.0374. The first-order valence-corrected chi connectivity index (χ1v) is 30.9. The summed E-state index contributed by atoms with van der Waals surface area (Å²) in [5.41, 5.74) is 0. The largest absolute Gasteiger partial charge is 0.462 e. The highest BCUT2D eigenvalue weighted by Gasteiger charge is 2.16. The van der Waals surface area contributed by atoms with Crippen LogP contribution in [0, 0.1) is 0 Å². The molecule has 1 N–H and O–H groups in total. The fraction of sp³-hybridized carbons (Fsp3) is 0.905. The number of aliphatic hydroxyl groups is 1. The van der Waals surface area contributed by atoms with Crippen LogP contribution in [0.5, 0.6) is 0 Å². The zero-order chi connectivity index (χ0) is 49.2. The van der Waals surface area contributed by atoms with E-state index in [1.54, 1.807) is 0 Å². The fourth-order valence-electron chi connectivity index (χ4n) is 9.59. The van der Waals surface area contributed by atoms with Gasteiger partial charge in [0.25, 0.3) is 0 Å². The molecule has 402 valence electrons. The van der Waals surface area contributed by atoms with Gasteiger partial charge in [0, 0.05) is 12.8 Å². The van der Waals surface area contributed by atoms with Crippen LogP contribution in [-0.2, 0) is 19.1 Å². The summed E-state index contributed by atoms with van der Waals surface area (Å²) in [5.74, 6) is -0.568. The highest BCUT2D eigenvalue weighted by molar-refractivity contribution is 5.70. The third-order valence-electron chi connectivity index (χ3n) is 14.2. The Kier molecular flexibility index (Phi) is 58.3. The van der Waals surface area contributed by atoms with Crippen LogP contribution in [0.25, 0.3) is 0 Å². The van der Waals surface area contributed by atoms with Crippen LogP contribution >= 0.6 is 0 Å². The molecule has 0 aromatic carbocycles. The van der Waals surface area contributed by atoms with Gasteiger partial charge in [0.05, 0.1) is 6.61 Å². The van der Waals surface area contributed by atoms with Gasteiger partial charge in [0.1, 0.15) is 6.61 Å². The number of hydrogen-bond donors (Lipinski definition) is 1. The van der Waals surface area contributed by atoms with Crippen LogP contribution in [0.4, 0.5) is 0 Å². The van der Waals surface area contributed by atoms with Gasteiger partial charge in [-0.05, 0) is 44.9 Å². The molecular weight excluding hydrogens is 837 g/mol. The predicted octanol–water partition coefficient (Wildman–Crippen LogP) is 20.9. The van der Waals surface area contributed by atoms with Crippen molar-refractivity contribution in [2.75, 3.05) is 13.2 Å². The number of esters is 2. The Labute approximate surface area is 425 Å². The smallest absolute Gasteiger partial charge is 0.306 e. The minimum absolute atomic E-state index is 0.0590. The van der Waals surface area contributed by atoms with E-state index in [2.05, 4.69) is 38.2 Å². The maximum Gasteiger partial charge on any atom is 0.306 e. The standard InChI is InChI=1S/C63H120O5/c1-3-5-7-9-11-13-15-17-19-21-23-25-27-29-31-33-35-37-39-41-43-45-47-49-51-53-55-57-62(65)67-60-61(59-64)68-63(66)58-56-54-52-50-48-46-44-42-40-38-36-34-32-30-28-26-24-22-20-18-16-14-12-10-8-6-4-2/h16,18,22,24,61,64H,3-15,17,19-21,23,25-60H2,1-2H3/b18-16-,24-22-. The molecule has 1 unspecified atom stereocenters. The third kappa shape index (κ3) is 57.0. The Morgan fingerprint density at radius 3 is 0.868 bits per heavy atom. The molecule has 0 amide bonds. The monoisotopic (exact) mass is 957 g/mol. The van der Waals surface area contributed by atoms with Crippen molar-refractivity contribution >= 4 is 11.9 Å². The molecule has 0 bridgehead atoms. The summed E-state index contributed by atoms with van der Waals surface area (Å²) < 4.78 is 10.7. The van der Waals surface area contributed by atoms with E-state index in [1.807, 2.05) is 0 Å². The van der Waals surface area contributed by atoms with Gasteiger partial charge >= 0.3 is 11.9 Å². The van der Waals surface area contributed by atoms with Crippen LogP contribution in [0.1, 0.15) is 348 Å². The highest BCUT2D eigenvalue weighted by Crippen LogP contribution is 2.18. The first kappa shape index (κ1) is 66.4. The van der Waals surface area contributed by atoms with Gasteiger partial charge in [-0.1, -0.05) is 314 Å². The number of carbonyl (C=O) groups excluding carboxylic acids is 2. The number of carbonyl (C=O) groups is 2. The van der Waals surface area contributed by atoms with Crippen molar-refractivity contribution in [1.29, 1.82) is 0 Å². The Morgan fingerprint density at radius 2 is 0.588 bits per heavy atom. The second-order valence-electron chi connectivity index (χ2n) is 21.1. The van der Waals surface area contributed by atoms with Gasteiger partial charge in [-0.15, -0.1) is 0 Å². The second kappa shape index (κ2) is 59.7. The van der Waals surface area contributed by atoms with Crippen LogP contribution in [0.3, 0.4) is 0 Å². The maximum absolute atomic E-state index is 12.3.